The van der Waals surface area contributed by atoms with E-state index in [1.54, 1.807) is 6.33 Å². The number of piperazine rings is 1. The lowest BCUT2D eigenvalue weighted by Crippen LogP contribution is -2.46. The fourth-order valence-electron chi connectivity index (χ4n) is 4.62. The summed E-state index contributed by atoms with van der Waals surface area (Å²) in [6, 6.07) is 7.98. The summed E-state index contributed by atoms with van der Waals surface area (Å²) in [7, 11) is 0. The zero-order chi connectivity index (χ0) is 24.0. The molecule has 10 nitrogen and oxygen atoms in total. The first kappa shape index (κ1) is 24.1. The molecule has 2 saturated heterocycles. The van der Waals surface area contributed by atoms with Crippen molar-refractivity contribution < 1.29 is 9.53 Å². The zero-order valence-electron chi connectivity index (χ0n) is 19.7. The molecule has 0 aliphatic carbocycles. The first-order valence-corrected chi connectivity index (χ1v) is 13.0. The second-order valence-electron chi connectivity index (χ2n) is 8.96. The van der Waals surface area contributed by atoms with Gasteiger partial charge in [0.25, 0.3) is 5.91 Å². The van der Waals surface area contributed by atoms with E-state index in [9.17, 15) is 4.79 Å². The lowest BCUT2D eigenvalue weighted by molar-refractivity contribution is 0.0374. The molecule has 1 aromatic carbocycles. The lowest BCUT2D eigenvalue weighted by Gasteiger charge is -2.35. The van der Waals surface area contributed by atoms with Crippen LogP contribution in [0.3, 0.4) is 0 Å². The number of benzene rings is 1. The van der Waals surface area contributed by atoms with E-state index in [1.165, 1.54) is 5.56 Å². The Kier molecular flexibility index (Phi) is 7.87. The number of carbonyl (C=O) groups excluding carboxylic acids is 1. The standard InChI is InChI=1S/C24H31BrN8O2/c25-21-20-22(30-29-21)27-17-28-23(20)33-10-8-32(9-11-33)16-18-2-4-19(5-3-18)24(34)26-6-1-7-31-12-14-35-15-13-31/h2-5,17H,1,6-16H2,(H,26,34)(H,27,28,29,30). The van der Waals surface area contributed by atoms with E-state index in [1.807, 2.05) is 12.1 Å². The van der Waals surface area contributed by atoms with E-state index in [0.717, 1.165) is 87.8 Å². The van der Waals surface area contributed by atoms with Crippen molar-refractivity contribution in [1.82, 2.24) is 35.3 Å². The molecule has 0 unspecified atom stereocenters. The summed E-state index contributed by atoms with van der Waals surface area (Å²) < 4.78 is 6.18. The number of morpholine rings is 1. The van der Waals surface area contributed by atoms with E-state index >= 15 is 0 Å². The van der Waals surface area contributed by atoms with Crippen molar-refractivity contribution in [3.05, 3.63) is 46.3 Å². The monoisotopic (exact) mass is 542 g/mol. The fourth-order valence-corrected chi connectivity index (χ4v) is 5.06. The van der Waals surface area contributed by atoms with Gasteiger partial charge in [0.1, 0.15) is 16.7 Å². The minimum Gasteiger partial charge on any atom is -0.379 e. The Bertz CT molecular complexity index is 1120. The number of rotatable bonds is 8. The van der Waals surface area contributed by atoms with Gasteiger partial charge in [0.05, 0.1) is 18.6 Å². The smallest absolute Gasteiger partial charge is 0.251 e. The van der Waals surface area contributed by atoms with Crippen LogP contribution in [0.4, 0.5) is 5.82 Å². The van der Waals surface area contributed by atoms with Gasteiger partial charge in [-0.15, -0.1) is 0 Å². The molecule has 35 heavy (non-hydrogen) atoms. The SMILES string of the molecule is O=C(NCCCN1CCOCC1)c1ccc(CN2CCN(c3ncnc4n[nH]c(Br)c34)CC2)cc1. The van der Waals surface area contributed by atoms with Gasteiger partial charge < -0.3 is 15.0 Å². The number of nitrogens with one attached hydrogen (secondary N) is 2. The number of ether oxygens (including phenoxy) is 1. The molecule has 0 saturated carbocycles. The minimum atomic E-state index is -0.00582. The Balaban J connectivity index is 1.07. The van der Waals surface area contributed by atoms with Crippen LogP contribution in [0.5, 0.6) is 0 Å². The third-order valence-corrected chi connectivity index (χ3v) is 7.20. The molecule has 2 fully saturated rings. The van der Waals surface area contributed by atoms with E-state index in [0.29, 0.717) is 17.8 Å². The Morgan fingerprint density at radius 1 is 1.03 bits per heavy atom. The van der Waals surface area contributed by atoms with Crippen molar-refractivity contribution in [2.24, 2.45) is 0 Å². The summed E-state index contributed by atoms with van der Waals surface area (Å²) in [5.74, 6) is 0.907. The molecular formula is C24H31BrN8O2. The Morgan fingerprint density at radius 2 is 1.80 bits per heavy atom. The van der Waals surface area contributed by atoms with Gasteiger partial charge in [-0.05, 0) is 46.6 Å². The summed E-state index contributed by atoms with van der Waals surface area (Å²) in [5.41, 5.74) is 2.60. The zero-order valence-corrected chi connectivity index (χ0v) is 21.3. The molecule has 11 heteroatoms. The number of carbonyl (C=O) groups is 1. The number of hydrogen-bond acceptors (Lipinski definition) is 8. The molecule has 4 heterocycles. The van der Waals surface area contributed by atoms with Gasteiger partial charge in [-0.1, -0.05) is 12.1 Å². The highest BCUT2D eigenvalue weighted by Crippen LogP contribution is 2.28. The quantitative estimate of drug-likeness (QED) is 0.416. The highest BCUT2D eigenvalue weighted by molar-refractivity contribution is 9.10. The van der Waals surface area contributed by atoms with Crippen LogP contribution in [-0.4, -0.2) is 101 Å². The van der Waals surface area contributed by atoms with Crippen LogP contribution in [-0.2, 0) is 11.3 Å². The number of hydrogen-bond donors (Lipinski definition) is 2. The molecule has 0 atom stereocenters. The fraction of sp³-hybridized carbons (Fsp3) is 0.500. The molecule has 5 rings (SSSR count). The molecule has 2 aliphatic rings. The summed E-state index contributed by atoms with van der Waals surface area (Å²) in [6.45, 7) is 9.78. The maximum atomic E-state index is 12.5. The number of aromatic amines is 1. The van der Waals surface area contributed by atoms with Crippen molar-refractivity contribution in [3.63, 3.8) is 0 Å². The first-order valence-electron chi connectivity index (χ1n) is 12.2. The van der Waals surface area contributed by atoms with Gasteiger partial charge in [0.15, 0.2) is 5.65 Å². The average molecular weight is 543 g/mol. The number of aromatic nitrogens is 4. The Morgan fingerprint density at radius 3 is 2.57 bits per heavy atom. The molecular weight excluding hydrogens is 512 g/mol. The molecule has 3 aromatic rings. The normalized spacial score (nSPS) is 17.7. The van der Waals surface area contributed by atoms with Gasteiger partial charge >= 0.3 is 0 Å². The number of amides is 1. The number of anilines is 1. The summed E-state index contributed by atoms with van der Waals surface area (Å²) in [6.07, 6.45) is 2.52. The molecule has 0 bridgehead atoms. The molecule has 2 aromatic heterocycles. The molecule has 0 spiro atoms. The van der Waals surface area contributed by atoms with Gasteiger partial charge in [0.2, 0.25) is 0 Å². The maximum absolute atomic E-state index is 12.5. The van der Waals surface area contributed by atoms with Gasteiger partial charge in [-0.3, -0.25) is 19.7 Å². The van der Waals surface area contributed by atoms with Gasteiger partial charge in [-0.2, -0.15) is 5.10 Å². The van der Waals surface area contributed by atoms with Crippen molar-refractivity contribution in [2.75, 3.05) is 70.5 Å². The molecule has 2 N–H and O–H groups in total. The lowest BCUT2D eigenvalue weighted by atomic mass is 10.1. The van der Waals surface area contributed by atoms with Crippen molar-refractivity contribution in [1.29, 1.82) is 0 Å². The highest BCUT2D eigenvalue weighted by atomic mass is 79.9. The second-order valence-corrected chi connectivity index (χ2v) is 9.75. The summed E-state index contributed by atoms with van der Waals surface area (Å²) in [5, 5.41) is 11.1. The highest BCUT2D eigenvalue weighted by Gasteiger charge is 2.22. The average Bonchev–Trinajstić information content (AvgIpc) is 3.29. The predicted octanol–water partition coefficient (Wildman–Crippen LogP) is 1.89. The molecule has 0 radical (unpaired) electrons. The van der Waals surface area contributed by atoms with Crippen LogP contribution < -0.4 is 10.2 Å². The van der Waals surface area contributed by atoms with E-state index in [2.05, 4.69) is 68.2 Å². The molecule has 2 aliphatic heterocycles. The van der Waals surface area contributed by atoms with Crippen LogP contribution in [0.25, 0.3) is 11.0 Å². The maximum Gasteiger partial charge on any atom is 0.251 e. The number of nitrogens with zero attached hydrogens (tertiary/aromatic N) is 6. The predicted molar refractivity (Wildman–Crippen MR) is 138 cm³/mol. The Hall–Kier alpha value is -2.60. The van der Waals surface area contributed by atoms with Crippen molar-refractivity contribution in [3.8, 4) is 0 Å². The topological polar surface area (TPSA) is 103 Å². The molecule has 1 amide bonds. The first-order chi connectivity index (χ1) is 17.2. The van der Waals surface area contributed by atoms with Crippen LogP contribution >= 0.6 is 15.9 Å². The van der Waals surface area contributed by atoms with Gasteiger partial charge in [0, 0.05) is 57.9 Å². The largest absolute Gasteiger partial charge is 0.379 e. The second kappa shape index (κ2) is 11.4. The Labute approximate surface area is 213 Å². The third kappa shape index (κ3) is 5.97. The van der Waals surface area contributed by atoms with Crippen LogP contribution in [0.1, 0.15) is 22.3 Å². The van der Waals surface area contributed by atoms with Crippen LogP contribution in [0.15, 0.2) is 35.2 Å². The summed E-state index contributed by atoms with van der Waals surface area (Å²) in [4.78, 5) is 28.3. The van der Waals surface area contributed by atoms with E-state index < -0.39 is 0 Å². The minimum absolute atomic E-state index is 0.00582. The molecule has 186 valence electrons. The van der Waals surface area contributed by atoms with Crippen molar-refractivity contribution in [2.45, 2.75) is 13.0 Å². The van der Waals surface area contributed by atoms with Gasteiger partial charge in [-0.25, -0.2) is 9.97 Å². The van der Waals surface area contributed by atoms with Crippen molar-refractivity contribution >= 4 is 38.7 Å². The van der Waals surface area contributed by atoms with E-state index in [-0.39, 0.29) is 5.91 Å². The number of halogens is 1. The number of fused-ring (bicyclic) bond motifs is 1. The van der Waals surface area contributed by atoms with Crippen LogP contribution in [0.2, 0.25) is 0 Å². The van der Waals surface area contributed by atoms with Crippen LogP contribution in [0, 0.1) is 0 Å². The third-order valence-electron chi connectivity index (χ3n) is 6.62. The summed E-state index contributed by atoms with van der Waals surface area (Å²) >= 11 is 3.52. The van der Waals surface area contributed by atoms with E-state index in [4.69, 9.17) is 4.74 Å². The number of H-pyrrole nitrogens is 1.